The molecular weight excluding hydrogens is 210 g/mol. The van der Waals surface area contributed by atoms with Crippen LogP contribution in [0.2, 0.25) is 5.02 Å². The van der Waals surface area contributed by atoms with Crippen molar-refractivity contribution in [2.24, 2.45) is 0 Å². The summed E-state index contributed by atoms with van der Waals surface area (Å²) in [5, 5.41) is 4.19. The van der Waals surface area contributed by atoms with Gasteiger partial charge in [0.1, 0.15) is 0 Å². The summed E-state index contributed by atoms with van der Waals surface area (Å²) in [5.74, 6) is 0. The second-order valence-corrected chi connectivity index (χ2v) is 4.47. The fourth-order valence-corrected chi connectivity index (χ4v) is 2.16. The summed E-state index contributed by atoms with van der Waals surface area (Å²) >= 11 is 6.23. The van der Waals surface area contributed by atoms with Crippen LogP contribution < -0.4 is 15.1 Å². The molecule has 0 saturated heterocycles. The zero-order valence-corrected chi connectivity index (χ0v) is 10.1. The van der Waals surface area contributed by atoms with Gasteiger partial charge in [-0.05, 0) is 12.1 Å². The number of hydrogen-bond acceptors (Lipinski definition) is 3. The molecule has 1 heterocycles. The molecule has 82 valence electrons. The topological polar surface area (TPSA) is 18.5 Å². The number of halogens is 1. The first-order chi connectivity index (χ1) is 7.09. The smallest absolute Gasteiger partial charge is 0.0661 e. The molecule has 0 aliphatic carbocycles. The van der Waals surface area contributed by atoms with Crippen molar-refractivity contribution in [3.05, 3.63) is 17.2 Å². The first-order valence-electron chi connectivity index (χ1n) is 5.05. The Morgan fingerprint density at radius 1 is 1.40 bits per heavy atom. The Kier molecular flexibility index (Phi) is 2.65. The standard InChI is InChI=1S/C11H16ClN3/c1-14(2)10-7-9-11(6-8(10)12)15(3)5-4-13-9/h6-7,13H,4-5H2,1-3H3. The average molecular weight is 226 g/mol. The summed E-state index contributed by atoms with van der Waals surface area (Å²) in [7, 11) is 6.09. The van der Waals surface area contributed by atoms with Crippen molar-refractivity contribution in [1.82, 2.24) is 0 Å². The van der Waals surface area contributed by atoms with Crippen LogP contribution in [-0.2, 0) is 0 Å². The van der Waals surface area contributed by atoms with E-state index < -0.39 is 0 Å². The van der Waals surface area contributed by atoms with Crippen LogP contribution in [0.5, 0.6) is 0 Å². The molecule has 1 aromatic rings. The van der Waals surface area contributed by atoms with Crippen LogP contribution in [0.1, 0.15) is 0 Å². The molecule has 0 radical (unpaired) electrons. The van der Waals surface area contributed by atoms with Crippen molar-refractivity contribution in [1.29, 1.82) is 0 Å². The highest BCUT2D eigenvalue weighted by molar-refractivity contribution is 6.33. The summed E-state index contributed by atoms with van der Waals surface area (Å²) in [5.41, 5.74) is 3.40. The maximum atomic E-state index is 6.23. The van der Waals surface area contributed by atoms with Crippen molar-refractivity contribution >= 4 is 28.7 Å². The summed E-state index contributed by atoms with van der Waals surface area (Å²) in [6.45, 7) is 2.00. The molecule has 0 spiro atoms. The van der Waals surface area contributed by atoms with Gasteiger partial charge in [-0.2, -0.15) is 0 Å². The fourth-order valence-electron chi connectivity index (χ4n) is 1.83. The lowest BCUT2D eigenvalue weighted by Crippen LogP contribution is -2.30. The maximum Gasteiger partial charge on any atom is 0.0661 e. The number of benzene rings is 1. The van der Waals surface area contributed by atoms with Crippen LogP contribution in [-0.4, -0.2) is 34.2 Å². The van der Waals surface area contributed by atoms with Gasteiger partial charge in [-0.15, -0.1) is 0 Å². The highest BCUT2D eigenvalue weighted by Crippen LogP contribution is 2.37. The van der Waals surface area contributed by atoms with E-state index in [1.807, 2.05) is 25.1 Å². The maximum absolute atomic E-state index is 6.23. The van der Waals surface area contributed by atoms with E-state index in [-0.39, 0.29) is 0 Å². The molecule has 1 aromatic carbocycles. The van der Waals surface area contributed by atoms with Gasteiger partial charge in [0.05, 0.1) is 22.1 Å². The number of fused-ring (bicyclic) bond motifs is 1. The third-order valence-electron chi connectivity index (χ3n) is 2.72. The highest BCUT2D eigenvalue weighted by Gasteiger charge is 2.16. The molecule has 2 rings (SSSR count). The van der Waals surface area contributed by atoms with Gasteiger partial charge in [-0.3, -0.25) is 0 Å². The van der Waals surface area contributed by atoms with Crippen LogP contribution in [0.25, 0.3) is 0 Å². The zero-order valence-electron chi connectivity index (χ0n) is 9.34. The van der Waals surface area contributed by atoms with E-state index in [4.69, 9.17) is 11.6 Å². The summed E-state index contributed by atoms with van der Waals surface area (Å²) in [6.07, 6.45) is 0. The van der Waals surface area contributed by atoms with Gasteiger partial charge in [0.15, 0.2) is 0 Å². The molecule has 4 heteroatoms. The number of rotatable bonds is 1. The monoisotopic (exact) mass is 225 g/mol. The Labute approximate surface area is 95.6 Å². The quantitative estimate of drug-likeness (QED) is 0.791. The largest absolute Gasteiger partial charge is 0.382 e. The molecule has 0 bridgehead atoms. The van der Waals surface area contributed by atoms with Crippen LogP contribution >= 0.6 is 11.6 Å². The minimum atomic E-state index is 0.800. The Hall–Kier alpha value is -1.09. The van der Waals surface area contributed by atoms with Crippen molar-refractivity contribution in [2.75, 3.05) is 49.3 Å². The number of nitrogens with one attached hydrogen (secondary N) is 1. The highest BCUT2D eigenvalue weighted by atomic mass is 35.5. The molecule has 15 heavy (non-hydrogen) atoms. The molecule has 3 nitrogen and oxygen atoms in total. The normalized spacial score (nSPS) is 14.5. The summed E-state index contributed by atoms with van der Waals surface area (Å²) < 4.78 is 0. The lowest BCUT2D eigenvalue weighted by atomic mass is 10.2. The fraction of sp³-hybridized carbons (Fsp3) is 0.455. The minimum absolute atomic E-state index is 0.800. The summed E-state index contributed by atoms with van der Waals surface area (Å²) in [4.78, 5) is 4.25. The average Bonchev–Trinajstić information content (AvgIpc) is 2.18. The van der Waals surface area contributed by atoms with Crippen molar-refractivity contribution in [3.8, 4) is 0 Å². The number of likely N-dealkylation sites (N-methyl/N-ethyl adjacent to an activating group) is 1. The molecule has 1 aliphatic heterocycles. The molecule has 0 fully saturated rings. The minimum Gasteiger partial charge on any atom is -0.382 e. The van der Waals surface area contributed by atoms with E-state index in [2.05, 4.69) is 23.3 Å². The first-order valence-corrected chi connectivity index (χ1v) is 5.43. The second-order valence-electron chi connectivity index (χ2n) is 4.06. The molecule has 0 amide bonds. The van der Waals surface area contributed by atoms with Crippen LogP contribution in [0, 0.1) is 0 Å². The second kappa shape index (κ2) is 3.81. The van der Waals surface area contributed by atoms with Crippen LogP contribution in [0.15, 0.2) is 12.1 Å². The third kappa shape index (κ3) is 1.84. The SMILES string of the molecule is CN(C)c1cc2c(cc1Cl)N(C)CCN2. The molecule has 0 atom stereocenters. The summed E-state index contributed by atoms with van der Waals surface area (Å²) in [6, 6.07) is 4.13. The van der Waals surface area contributed by atoms with Crippen LogP contribution in [0.3, 0.4) is 0 Å². The van der Waals surface area contributed by atoms with E-state index in [0.717, 1.165) is 29.5 Å². The Morgan fingerprint density at radius 3 is 2.80 bits per heavy atom. The molecule has 0 saturated carbocycles. The van der Waals surface area contributed by atoms with E-state index in [1.165, 1.54) is 5.69 Å². The Bertz CT molecular complexity index is 376. The predicted octanol–water partition coefficient (Wildman–Crippen LogP) is 2.27. The van der Waals surface area contributed by atoms with Crippen molar-refractivity contribution < 1.29 is 0 Å². The molecule has 0 unspecified atom stereocenters. The van der Waals surface area contributed by atoms with Gasteiger partial charge in [-0.25, -0.2) is 0 Å². The molecule has 1 N–H and O–H groups in total. The Balaban J connectivity index is 2.49. The van der Waals surface area contributed by atoms with E-state index >= 15 is 0 Å². The zero-order chi connectivity index (χ0) is 11.0. The van der Waals surface area contributed by atoms with Gasteiger partial charge in [-0.1, -0.05) is 11.6 Å². The van der Waals surface area contributed by atoms with E-state index in [1.54, 1.807) is 0 Å². The number of anilines is 3. The molecule has 1 aliphatic rings. The molecular formula is C11H16ClN3. The van der Waals surface area contributed by atoms with Crippen molar-refractivity contribution in [3.63, 3.8) is 0 Å². The van der Waals surface area contributed by atoms with Gasteiger partial charge in [0.2, 0.25) is 0 Å². The van der Waals surface area contributed by atoms with Gasteiger partial charge >= 0.3 is 0 Å². The number of hydrogen-bond donors (Lipinski definition) is 1. The van der Waals surface area contributed by atoms with Gasteiger partial charge in [0, 0.05) is 34.2 Å². The third-order valence-corrected chi connectivity index (χ3v) is 3.02. The number of nitrogens with zero attached hydrogens (tertiary/aromatic N) is 2. The van der Waals surface area contributed by atoms with Gasteiger partial charge in [0.25, 0.3) is 0 Å². The molecule has 0 aromatic heterocycles. The lowest BCUT2D eigenvalue weighted by Gasteiger charge is -2.30. The Morgan fingerprint density at radius 2 is 2.13 bits per heavy atom. The van der Waals surface area contributed by atoms with Gasteiger partial charge < -0.3 is 15.1 Å². The van der Waals surface area contributed by atoms with E-state index in [0.29, 0.717) is 0 Å². The van der Waals surface area contributed by atoms with Crippen molar-refractivity contribution in [2.45, 2.75) is 0 Å². The first kappa shape index (κ1) is 10.4. The predicted molar refractivity (Wildman–Crippen MR) is 67.5 cm³/mol. The van der Waals surface area contributed by atoms with Crippen LogP contribution in [0.4, 0.5) is 17.1 Å². The lowest BCUT2D eigenvalue weighted by molar-refractivity contribution is 0.886. The van der Waals surface area contributed by atoms with E-state index in [9.17, 15) is 0 Å².